The number of rotatable bonds is 9. The van der Waals surface area contributed by atoms with Crippen LogP contribution in [0, 0.1) is 5.82 Å². The van der Waals surface area contributed by atoms with Gasteiger partial charge in [0.2, 0.25) is 0 Å². The summed E-state index contributed by atoms with van der Waals surface area (Å²) in [7, 11) is 1.69. The quantitative estimate of drug-likeness (QED) is 0.349. The molecule has 0 bridgehead atoms. The molecule has 0 aliphatic carbocycles. The first-order valence-corrected chi connectivity index (χ1v) is 13.6. The number of ether oxygens (including phenoxy) is 1. The van der Waals surface area contributed by atoms with E-state index in [2.05, 4.69) is 47.9 Å². The van der Waals surface area contributed by atoms with Crippen LogP contribution in [0.3, 0.4) is 0 Å². The molecular formula is C32H40FN3O2. The van der Waals surface area contributed by atoms with Gasteiger partial charge in [-0.1, -0.05) is 42.5 Å². The van der Waals surface area contributed by atoms with Crippen LogP contribution >= 0.6 is 0 Å². The summed E-state index contributed by atoms with van der Waals surface area (Å²) in [6, 6.07) is 23.8. The molecule has 0 saturated carbocycles. The van der Waals surface area contributed by atoms with Gasteiger partial charge in [-0.3, -0.25) is 14.6 Å². The molecule has 1 unspecified atom stereocenters. The van der Waals surface area contributed by atoms with Gasteiger partial charge in [0.1, 0.15) is 11.6 Å². The van der Waals surface area contributed by atoms with Crippen molar-refractivity contribution in [1.29, 1.82) is 0 Å². The molecule has 4 rings (SSSR count). The molecule has 0 spiro atoms. The van der Waals surface area contributed by atoms with Gasteiger partial charge in [-0.05, 0) is 69.2 Å². The van der Waals surface area contributed by atoms with E-state index >= 15 is 0 Å². The maximum absolute atomic E-state index is 14.4. The summed E-state index contributed by atoms with van der Waals surface area (Å²) in [6.07, 6.45) is 0. The van der Waals surface area contributed by atoms with E-state index < -0.39 is 0 Å². The molecule has 5 nitrogen and oxygen atoms in total. The molecular weight excluding hydrogens is 477 g/mol. The van der Waals surface area contributed by atoms with E-state index in [4.69, 9.17) is 4.74 Å². The van der Waals surface area contributed by atoms with Gasteiger partial charge in [-0.2, -0.15) is 0 Å². The topological polar surface area (TPSA) is 36.0 Å². The molecule has 1 aliphatic heterocycles. The summed E-state index contributed by atoms with van der Waals surface area (Å²) >= 11 is 0. The van der Waals surface area contributed by atoms with Crippen LogP contribution in [-0.2, 0) is 6.54 Å². The summed E-state index contributed by atoms with van der Waals surface area (Å²) in [5, 5.41) is 0. The van der Waals surface area contributed by atoms with Gasteiger partial charge in [-0.15, -0.1) is 0 Å². The predicted octanol–water partition coefficient (Wildman–Crippen LogP) is 6.00. The number of methoxy groups -OCH3 is 1. The van der Waals surface area contributed by atoms with E-state index in [1.165, 1.54) is 6.07 Å². The third kappa shape index (κ3) is 6.08. The zero-order valence-electron chi connectivity index (χ0n) is 23.2. The Morgan fingerprint density at radius 2 is 1.66 bits per heavy atom. The molecule has 38 heavy (non-hydrogen) atoms. The minimum absolute atomic E-state index is 0.00392. The molecule has 0 radical (unpaired) electrons. The largest absolute Gasteiger partial charge is 0.497 e. The first-order chi connectivity index (χ1) is 18.4. The highest BCUT2D eigenvalue weighted by atomic mass is 19.1. The highest BCUT2D eigenvalue weighted by Crippen LogP contribution is 2.35. The number of carbonyl (C=O) groups excluding carboxylic acids is 1. The van der Waals surface area contributed by atoms with Crippen molar-refractivity contribution in [3.05, 3.63) is 101 Å². The first kappa shape index (κ1) is 27.8. The second-order valence-electron chi connectivity index (χ2n) is 10.2. The van der Waals surface area contributed by atoms with Crippen LogP contribution < -0.4 is 4.74 Å². The summed E-state index contributed by atoms with van der Waals surface area (Å²) in [5.41, 5.74) is 3.72. The van der Waals surface area contributed by atoms with Crippen molar-refractivity contribution >= 4 is 5.91 Å². The maximum atomic E-state index is 14.4. The molecule has 3 atom stereocenters. The second kappa shape index (κ2) is 12.5. The Kier molecular flexibility index (Phi) is 9.18. The van der Waals surface area contributed by atoms with Gasteiger partial charge in [-0.25, -0.2) is 4.39 Å². The number of amides is 1. The summed E-state index contributed by atoms with van der Waals surface area (Å²) < 4.78 is 20.0. The Balaban J connectivity index is 1.64. The van der Waals surface area contributed by atoms with Crippen molar-refractivity contribution < 1.29 is 13.9 Å². The number of piperazine rings is 1. The average Bonchev–Trinajstić information content (AvgIpc) is 2.93. The molecule has 1 saturated heterocycles. The van der Waals surface area contributed by atoms with Crippen LogP contribution in [0.4, 0.5) is 4.39 Å². The van der Waals surface area contributed by atoms with Crippen molar-refractivity contribution in [2.75, 3.05) is 33.3 Å². The van der Waals surface area contributed by atoms with E-state index in [1.807, 2.05) is 55.1 Å². The Labute approximate surface area is 226 Å². The van der Waals surface area contributed by atoms with E-state index in [0.717, 1.165) is 35.5 Å². The normalized spacial score (nSPS) is 19.2. The number of benzene rings is 3. The van der Waals surface area contributed by atoms with Crippen molar-refractivity contribution in [2.45, 2.75) is 52.4 Å². The highest BCUT2D eigenvalue weighted by Gasteiger charge is 2.35. The van der Waals surface area contributed by atoms with Crippen molar-refractivity contribution in [2.24, 2.45) is 0 Å². The molecule has 1 aliphatic rings. The summed E-state index contributed by atoms with van der Waals surface area (Å²) in [5.74, 6) is 0.728. The lowest BCUT2D eigenvalue weighted by atomic mass is 9.92. The fourth-order valence-corrected chi connectivity index (χ4v) is 5.54. The molecule has 0 N–H and O–H groups in total. The van der Waals surface area contributed by atoms with Crippen LogP contribution in [0.5, 0.6) is 5.75 Å². The smallest absolute Gasteiger partial charge is 0.253 e. The lowest BCUT2D eigenvalue weighted by Crippen LogP contribution is -2.56. The number of hydrogen-bond acceptors (Lipinski definition) is 4. The third-order valence-electron chi connectivity index (χ3n) is 7.76. The monoisotopic (exact) mass is 517 g/mol. The minimum atomic E-state index is -0.150. The van der Waals surface area contributed by atoms with Crippen LogP contribution in [0.25, 0.3) is 0 Å². The van der Waals surface area contributed by atoms with E-state index in [0.29, 0.717) is 25.2 Å². The first-order valence-electron chi connectivity index (χ1n) is 13.6. The predicted molar refractivity (Wildman–Crippen MR) is 151 cm³/mol. The fourth-order valence-electron chi connectivity index (χ4n) is 5.54. The van der Waals surface area contributed by atoms with Crippen molar-refractivity contribution in [1.82, 2.24) is 14.7 Å². The lowest BCUT2D eigenvalue weighted by molar-refractivity contribution is 0.0190. The van der Waals surface area contributed by atoms with Gasteiger partial charge < -0.3 is 9.64 Å². The van der Waals surface area contributed by atoms with Crippen LogP contribution in [-0.4, -0.2) is 66.0 Å². The van der Waals surface area contributed by atoms with Gasteiger partial charge in [0, 0.05) is 55.9 Å². The number of halogens is 1. The van der Waals surface area contributed by atoms with Crippen LogP contribution in [0.1, 0.15) is 60.8 Å². The highest BCUT2D eigenvalue weighted by molar-refractivity contribution is 5.94. The Hall–Kier alpha value is -3.22. The molecule has 1 fully saturated rings. The van der Waals surface area contributed by atoms with Gasteiger partial charge >= 0.3 is 0 Å². The number of carbonyl (C=O) groups is 1. The minimum Gasteiger partial charge on any atom is -0.497 e. The zero-order chi connectivity index (χ0) is 27.2. The summed E-state index contributed by atoms with van der Waals surface area (Å²) in [6.45, 7) is 12.1. The number of hydrogen-bond donors (Lipinski definition) is 0. The van der Waals surface area contributed by atoms with E-state index in [9.17, 15) is 9.18 Å². The molecule has 1 heterocycles. The Morgan fingerprint density at radius 3 is 2.32 bits per heavy atom. The molecule has 202 valence electrons. The molecule has 3 aromatic rings. The molecule has 3 aromatic carbocycles. The van der Waals surface area contributed by atoms with E-state index in [-0.39, 0.29) is 29.8 Å². The zero-order valence-corrected chi connectivity index (χ0v) is 23.2. The van der Waals surface area contributed by atoms with E-state index in [1.54, 1.807) is 13.2 Å². The number of nitrogens with zero attached hydrogens (tertiary/aromatic N) is 3. The Morgan fingerprint density at radius 1 is 0.947 bits per heavy atom. The van der Waals surface area contributed by atoms with Gasteiger partial charge in [0.15, 0.2) is 0 Å². The van der Waals surface area contributed by atoms with Gasteiger partial charge in [0.05, 0.1) is 13.2 Å². The van der Waals surface area contributed by atoms with Crippen LogP contribution in [0.2, 0.25) is 0 Å². The fraction of sp³-hybridized carbons (Fsp3) is 0.406. The maximum Gasteiger partial charge on any atom is 0.253 e. The van der Waals surface area contributed by atoms with Crippen LogP contribution in [0.15, 0.2) is 72.8 Å². The summed E-state index contributed by atoms with van der Waals surface area (Å²) in [4.78, 5) is 19.7. The second-order valence-corrected chi connectivity index (χ2v) is 10.2. The average molecular weight is 518 g/mol. The molecule has 1 amide bonds. The third-order valence-corrected chi connectivity index (χ3v) is 7.76. The lowest BCUT2D eigenvalue weighted by Gasteiger charge is -2.47. The van der Waals surface area contributed by atoms with Crippen molar-refractivity contribution in [3.8, 4) is 5.75 Å². The SMILES string of the molecule is CCN(CC)C(=O)c1ccc(C(c2cccc(OC)c2)N2C[C@@H](C)N(Cc3ccccc3F)C[C@@H]2C)cc1. The molecule has 0 aromatic heterocycles. The van der Waals surface area contributed by atoms with Crippen molar-refractivity contribution in [3.63, 3.8) is 0 Å². The Bertz CT molecular complexity index is 1210. The standard InChI is InChI=1S/C32H40FN3O2/c1-6-34(7-2)32(37)26-17-15-25(16-18-26)31(27-12-10-13-29(19-27)38-5)36-21-23(3)35(20-24(36)4)22-28-11-8-9-14-30(28)33/h8-19,23-24,31H,6-7,20-22H2,1-5H3/t23-,24+,31?/m1/s1. The van der Waals surface area contributed by atoms with Gasteiger partial charge in [0.25, 0.3) is 5.91 Å². The molecule has 6 heteroatoms.